The van der Waals surface area contributed by atoms with Gasteiger partial charge in [-0.1, -0.05) is 6.07 Å². The molecule has 4 nitrogen and oxygen atoms in total. The SMILES string of the molecule is COc1ccnn1-c1ccccn1. The second-order valence-electron chi connectivity index (χ2n) is 2.47. The Morgan fingerprint density at radius 2 is 2.15 bits per heavy atom. The number of nitrogens with zero attached hydrogens (tertiary/aromatic N) is 3. The zero-order valence-corrected chi connectivity index (χ0v) is 7.21. The number of methoxy groups -OCH3 is 1. The van der Waals surface area contributed by atoms with Crippen LogP contribution in [-0.2, 0) is 0 Å². The third-order valence-electron chi connectivity index (χ3n) is 1.68. The fourth-order valence-electron chi connectivity index (χ4n) is 1.10. The van der Waals surface area contributed by atoms with Gasteiger partial charge in [-0.05, 0) is 12.1 Å². The summed E-state index contributed by atoms with van der Waals surface area (Å²) in [4.78, 5) is 4.15. The Balaban J connectivity index is 2.47. The van der Waals surface area contributed by atoms with Crippen LogP contribution in [0.2, 0.25) is 0 Å². The third kappa shape index (κ3) is 1.38. The Morgan fingerprint density at radius 1 is 1.23 bits per heavy atom. The third-order valence-corrected chi connectivity index (χ3v) is 1.68. The summed E-state index contributed by atoms with van der Waals surface area (Å²) in [6, 6.07) is 7.42. The van der Waals surface area contributed by atoms with Crippen molar-refractivity contribution in [3.63, 3.8) is 0 Å². The van der Waals surface area contributed by atoms with Gasteiger partial charge >= 0.3 is 0 Å². The van der Waals surface area contributed by atoms with E-state index in [1.165, 1.54) is 0 Å². The van der Waals surface area contributed by atoms with Gasteiger partial charge in [0.2, 0.25) is 5.88 Å². The quantitative estimate of drug-likeness (QED) is 0.690. The van der Waals surface area contributed by atoms with Gasteiger partial charge in [-0.2, -0.15) is 9.78 Å². The average molecular weight is 175 g/mol. The lowest BCUT2D eigenvalue weighted by Gasteiger charge is -2.03. The van der Waals surface area contributed by atoms with Crippen LogP contribution in [0, 0.1) is 0 Å². The van der Waals surface area contributed by atoms with Crippen LogP contribution in [0.1, 0.15) is 0 Å². The normalized spacial score (nSPS) is 9.92. The van der Waals surface area contributed by atoms with Gasteiger partial charge in [-0.15, -0.1) is 0 Å². The Bertz CT molecular complexity index is 383. The molecule has 0 amide bonds. The lowest BCUT2D eigenvalue weighted by atomic mass is 10.5. The van der Waals surface area contributed by atoms with Crippen LogP contribution in [0.4, 0.5) is 0 Å². The van der Waals surface area contributed by atoms with Crippen molar-refractivity contribution in [3.05, 3.63) is 36.7 Å². The molecular formula is C9H9N3O. The molecule has 0 radical (unpaired) electrons. The molecule has 2 rings (SSSR count). The van der Waals surface area contributed by atoms with Gasteiger partial charge in [0, 0.05) is 12.3 Å². The van der Waals surface area contributed by atoms with E-state index in [0.717, 1.165) is 5.82 Å². The predicted molar refractivity (Wildman–Crippen MR) is 47.9 cm³/mol. The minimum atomic E-state index is 0.679. The molecule has 13 heavy (non-hydrogen) atoms. The van der Waals surface area contributed by atoms with Crippen molar-refractivity contribution >= 4 is 0 Å². The zero-order valence-electron chi connectivity index (χ0n) is 7.21. The first-order chi connectivity index (χ1) is 6.42. The first-order valence-electron chi connectivity index (χ1n) is 3.91. The van der Waals surface area contributed by atoms with Crippen molar-refractivity contribution in [3.8, 4) is 11.7 Å². The van der Waals surface area contributed by atoms with Crippen LogP contribution < -0.4 is 4.74 Å². The molecule has 2 aromatic heterocycles. The van der Waals surface area contributed by atoms with Crippen LogP contribution in [0.25, 0.3) is 5.82 Å². The molecule has 0 aromatic carbocycles. The van der Waals surface area contributed by atoms with E-state index in [0.29, 0.717) is 5.88 Å². The number of rotatable bonds is 2. The maximum Gasteiger partial charge on any atom is 0.217 e. The van der Waals surface area contributed by atoms with Gasteiger partial charge in [0.05, 0.1) is 13.3 Å². The zero-order chi connectivity index (χ0) is 9.10. The van der Waals surface area contributed by atoms with Crippen LogP contribution >= 0.6 is 0 Å². The number of hydrogen-bond acceptors (Lipinski definition) is 3. The van der Waals surface area contributed by atoms with Gasteiger partial charge in [0.1, 0.15) is 0 Å². The van der Waals surface area contributed by atoms with Crippen molar-refractivity contribution in [2.45, 2.75) is 0 Å². The van der Waals surface area contributed by atoms with Gasteiger partial charge in [-0.3, -0.25) is 0 Å². The molecule has 0 unspecified atom stereocenters. The standard InChI is InChI=1S/C9H9N3O/c1-13-9-5-7-11-12(9)8-4-2-3-6-10-8/h2-7H,1H3. The number of hydrogen-bond donors (Lipinski definition) is 0. The van der Waals surface area contributed by atoms with E-state index in [1.807, 2.05) is 18.2 Å². The minimum Gasteiger partial charge on any atom is -0.481 e. The second-order valence-corrected chi connectivity index (χ2v) is 2.47. The Morgan fingerprint density at radius 3 is 2.85 bits per heavy atom. The molecule has 2 aromatic rings. The lowest BCUT2D eigenvalue weighted by molar-refractivity contribution is 0.382. The van der Waals surface area contributed by atoms with Crippen molar-refractivity contribution in [1.82, 2.24) is 14.8 Å². The van der Waals surface area contributed by atoms with E-state index in [4.69, 9.17) is 4.74 Å². The molecule has 0 N–H and O–H groups in total. The fraction of sp³-hybridized carbons (Fsp3) is 0.111. The van der Waals surface area contributed by atoms with Crippen molar-refractivity contribution in [2.75, 3.05) is 7.11 Å². The second kappa shape index (κ2) is 3.26. The lowest BCUT2D eigenvalue weighted by Crippen LogP contribution is -2.01. The van der Waals surface area contributed by atoms with Crippen LogP contribution in [0.3, 0.4) is 0 Å². The van der Waals surface area contributed by atoms with Crippen LogP contribution in [-0.4, -0.2) is 21.9 Å². The van der Waals surface area contributed by atoms with Gasteiger partial charge in [0.25, 0.3) is 0 Å². The highest BCUT2D eigenvalue weighted by Crippen LogP contribution is 2.13. The van der Waals surface area contributed by atoms with Crippen LogP contribution in [0.15, 0.2) is 36.7 Å². The predicted octanol–water partition coefficient (Wildman–Crippen LogP) is 1.28. The highest BCUT2D eigenvalue weighted by Gasteiger charge is 2.03. The average Bonchev–Trinajstić information content (AvgIpc) is 2.67. The largest absolute Gasteiger partial charge is 0.481 e. The minimum absolute atomic E-state index is 0.679. The fourth-order valence-corrected chi connectivity index (χ4v) is 1.10. The maximum absolute atomic E-state index is 5.10. The monoisotopic (exact) mass is 175 g/mol. The molecule has 0 aliphatic heterocycles. The molecule has 0 atom stereocenters. The Hall–Kier alpha value is -1.84. The maximum atomic E-state index is 5.10. The molecule has 0 aliphatic carbocycles. The molecular weight excluding hydrogens is 166 g/mol. The van der Waals surface area contributed by atoms with E-state index in [1.54, 1.807) is 30.3 Å². The molecule has 2 heterocycles. The highest BCUT2D eigenvalue weighted by molar-refractivity contribution is 5.26. The molecule has 0 fully saturated rings. The topological polar surface area (TPSA) is 39.9 Å². The van der Waals surface area contributed by atoms with E-state index >= 15 is 0 Å². The summed E-state index contributed by atoms with van der Waals surface area (Å²) in [7, 11) is 1.61. The molecule has 0 saturated heterocycles. The van der Waals surface area contributed by atoms with Crippen molar-refractivity contribution in [2.24, 2.45) is 0 Å². The Labute approximate surface area is 75.8 Å². The van der Waals surface area contributed by atoms with Gasteiger partial charge in [0.15, 0.2) is 5.82 Å². The summed E-state index contributed by atoms with van der Waals surface area (Å²) in [6.07, 6.45) is 3.39. The van der Waals surface area contributed by atoms with Crippen LogP contribution in [0.5, 0.6) is 5.88 Å². The van der Waals surface area contributed by atoms with Crippen molar-refractivity contribution < 1.29 is 4.74 Å². The highest BCUT2D eigenvalue weighted by atomic mass is 16.5. The molecule has 0 bridgehead atoms. The summed E-state index contributed by atoms with van der Waals surface area (Å²) in [6.45, 7) is 0. The van der Waals surface area contributed by atoms with Gasteiger partial charge in [-0.25, -0.2) is 4.98 Å². The van der Waals surface area contributed by atoms with E-state index in [9.17, 15) is 0 Å². The van der Waals surface area contributed by atoms with Gasteiger partial charge < -0.3 is 4.74 Å². The smallest absolute Gasteiger partial charge is 0.217 e. The molecule has 0 spiro atoms. The summed E-state index contributed by atoms with van der Waals surface area (Å²) < 4.78 is 6.74. The number of pyridine rings is 1. The Kier molecular flexibility index (Phi) is 1.96. The molecule has 0 saturated carbocycles. The first-order valence-corrected chi connectivity index (χ1v) is 3.91. The molecule has 4 heteroatoms. The summed E-state index contributed by atoms with van der Waals surface area (Å²) in [5.41, 5.74) is 0. The number of ether oxygens (including phenoxy) is 1. The molecule has 0 aliphatic rings. The van der Waals surface area contributed by atoms with E-state index in [-0.39, 0.29) is 0 Å². The summed E-state index contributed by atoms with van der Waals surface area (Å²) >= 11 is 0. The van der Waals surface area contributed by atoms with E-state index < -0.39 is 0 Å². The number of aromatic nitrogens is 3. The molecule has 66 valence electrons. The first kappa shape index (κ1) is 7.79. The summed E-state index contributed by atoms with van der Waals surface area (Å²) in [5.74, 6) is 1.43. The summed E-state index contributed by atoms with van der Waals surface area (Å²) in [5, 5.41) is 4.09. The van der Waals surface area contributed by atoms with E-state index in [2.05, 4.69) is 10.1 Å². The van der Waals surface area contributed by atoms with Crippen molar-refractivity contribution in [1.29, 1.82) is 0 Å².